The van der Waals surface area contributed by atoms with Crippen molar-refractivity contribution < 1.29 is 14.3 Å². The van der Waals surface area contributed by atoms with Crippen molar-refractivity contribution in [1.82, 2.24) is 10.6 Å². The number of rotatable bonds is 5. The lowest BCUT2D eigenvalue weighted by Crippen LogP contribution is -2.47. The SMILES string of the molecule is CC.CC(C)(C)OC(=O)N[C@H]1CC[C@@H](N/C=C(\C(=N)N)C(N)=O)C(C#N)C1. The van der Waals surface area contributed by atoms with Crippen molar-refractivity contribution in [3.05, 3.63) is 11.8 Å². The number of hydrogen-bond donors (Lipinski definition) is 5. The molecule has 0 heterocycles. The van der Waals surface area contributed by atoms with Gasteiger partial charge in [0.05, 0.1) is 17.6 Å². The van der Waals surface area contributed by atoms with Gasteiger partial charge in [0.15, 0.2) is 0 Å². The molecule has 27 heavy (non-hydrogen) atoms. The molecule has 9 nitrogen and oxygen atoms in total. The molecule has 0 bridgehead atoms. The number of nitrogens with one attached hydrogen (secondary N) is 3. The van der Waals surface area contributed by atoms with E-state index in [1.807, 2.05) is 13.8 Å². The van der Waals surface area contributed by atoms with Gasteiger partial charge in [0.2, 0.25) is 0 Å². The molecule has 7 N–H and O–H groups in total. The number of amides is 2. The lowest BCUT2D eigenvalue weighted by Gasteiger charge is -2.33. The van der Waals surface area contributed by atoms with Crippen LogP contribution in [0.5, 0.6) is 0 Å². The van der Waals surface area contributed by atoms with Gasteiger partial charge in [-0.05, 0) is 40.0 Å². The molecule has 1 aliphatic rings. The number of nitriles is 1. The summed E-state index contributed by atoms with van der Waals surface area (Å²) in [6, 6.07) is 1.81. The molecule has 1 unspecified atom stereocenters. The van der Waals surface area contributed by atoms with E-state index < -0.39 is 23.4 Å². The first-order valence-electron chi connectivity index (χ1n) is 9.03. The summed E-state index contributed by atoms with van der Waals surface area (Å²) in [4.78, 5) is 23.1. The van der Waals surface area contributed by atoms with Crippen molar-refractivity contribution in [2.45, 2.75) is 71.6 Å². The van der Waals surface area contributed by atoms with Gasteiger partial charge in [-0.15, -0.1) is 0 Å². The average molecular weight is 380 g/mol. The Morgan fingerprint density at radius 2 is 1.85 bits per heavy atom. The van der Waals surface area contributed by atoms with Crippen molar-refractivity contribution in [3.63, 3.8) is 0 Å². The topological polar surface area (TPSA) is 167 Å². The van der Waals surface area contributed by atoms with Crippen LogP contribution in [0.4, 0.5) is 4.79 Å². The predicted molar refractivity (Wildman–Crippen MR) is 104 cm³/mol. The lowest BCUT2D eigenvalue weighted by molar-refractivity contribution is -0.114. The number of nitrogens with zero attached hydrogens (tertiary/aromatic N) is 1. The van der Waals surface area contributed by atoms with Crippen LogP contribution in [-0.4, -0.2) is 35.5 Å². The summed E-state index contributed by atoms with van der Waals surface area (Å²) >= 11 is 0. The second kappa shape index (κ2) is 11.1. The highest BCUT2D eigenvalue weighted by atomic mass is 16.6. The highest BCUT2D eigenvalue weighted by Gasteiger charge is 2.32. The number of primary amides is 1. The minimum absolute atomic E-state index is 0.134. The van der Waals surface area contributed by atoms with Crippen LogP contribution in [0.3, 0.4) is 0 Å². The smallest absolute Gasteiger partial charge is 0.407 e. The van der Waals surface area contributed by atoms with Crippen LogP contribution in [0.15, 0.2) is 11.8 Å². The molecule has 0 radical (unpaired) electrons. The van der Waals surface area contributed by atoms with E-state index in [9.17, 15) is 14.9 Å². The van der Waals surface area contributed by atoms with Crippen LogP contribution in [0.25, 0.3) is 0 Å². The van der Waals surface area contributed by atoms with E-state index >= 15 is 0 Å². The highest BCUT2D eigenvalue weighted by Crippen LogP contribution is 2.25. The summed E-state index contributed by atoms with van der Waals surface area (Å²) in [5, 5.41) is 22.4. The largest absolute Gasteiger partial charge is 0.444 e. The van der Waals surface area contributed by atoms with Crippen LogP contribution < -0.4 is 22.1 Å². The third-order valence-corrected chi connectivity index (χ3v) is 3.73. The molecule has 1 rings (SSSR count). The molecule has 0 aromatic heterocycles. The van der Waals surface area contributed by atoms with Gasteiger partial charge in [-0.1, -0.05) is 13.8 Å². The van der Waals surface area contributed by atoms with Crippen LogP contribution in [-0.2, 0) is 9.53 Å². The van der Waals surface area contributed by atoms with Gasteiger partial charge < -0.3 is 26.8 Å². The summed E-state index contributed by atoms with van der Waals surface area (Å²) < 4.78 is 5.22. The molecule has 0 aliphatic heterocycles. The van der Waals surface area contributed by atoms with Crippen molar-refractivity contribution in [1.29, 1.82) is 10.7 Å². The van der Waals surface area contributed by atoms with Gasteiger partial charge in [-0.3, -0.25) is 10.2 Å². The Kier molecular flexibility index (Phi) is 9.93. The second-order valence-corrected chi connectivity index (χ2v) is 7.00. The van der Waals surface area contributed by atoms with Crippen LogP contribution >= 0.6 is 0 Å². The molecule has 0 aromatic carbocycles. The lowest BCUT2D eigenvalue weighted by atomic mass is 9.82. The summed E-state index contributed by atoms with van der Waals surface area (Å²) in [6.07, 6.45) is 2.47. The van der Waals surface area contributed by atoms with E-state index in [2.05, 4.69) is 16.7 Å². The first kappa shape index (κ1) is 24.2. The van der Waals surface area contributed by atoms with Crippen molar-refractivity contribution >= 4 is 17.8 Å². The Bertz CT molecular complexity index is 587. The van der Waals surface area contributed by atoms with Crippen molar-refractivity contribution in [2.24, 2.45) is 17.4 Å². The fourth-order valence-corrected chi connectivity index (χ4v) is 2.59. The minimum atomic E-state index is -0.811. The van der Waals surface area contributed by atoms with Crippen LogP contribution in [0, 0.1) is 22.7 Å². The van der Waals surface area contributed by atoms with E-state index in [-0.39, 0.29) is 23.6 Å². The highest BCUT2D eigenvalue weighted by molar-refractivity contribution is 6.18. The van der Waals surface area contributed by atoms with Gasteiger partial charge in [0, 0.05) is 18.3 Å². The van der Waals surface area contributed by atoms with Crippen molar-refractivity contribution in [3.8, 4) is 6.07 Å². The maximum absolute atomic E-state index is 11.8. The quantitative estimate of drug-likeness (QED) is 0.275. The van der Waals surface area contributed by atoms with Crippen LogP contribution in [0.2, 0.25) is 0 Å². The van der Waals surface area contributed by atoms with Gasteiger partial charge >= 0.3 is 6.09 Å². The van der Waals surface area contributed by atoms with E-state index in [1.165, 1.54) is 6.20 Å². The standard InChI is InChI=1S/C16H26N6O3.C2H6/c1-16(2,3)25-15(24)22-10-4-5-12(9(6-10)7-17)21-8-11(13(18)19)14(20)23;1-2/h8-10,12,21H,4-6H2,1-3H3,(H3,18,19)(H2,20,23)(H,22,24);1-2H3/b11-8+;/t9?,10-,12+;/m0./s1. The zero-order valence-electron chi connectivity index (χ0n) is 16.8. The third-order valence-electron chi connectivity index (χ3n) is 3.73. The number of carbonyl (C=O) groups excluding carboxylic acids is 2. The summed E-state index contributed by atoms with van der Waals surface area (Å²) in [5.74, 6) is -1.63. The van der Waals surface area contributed by atoms with Gasteiger partial charge in [0.1, 0.15) is 11.4 Å². The number of amidine groups is 1. The number of carbonyl (C=O) groups is 2. The van der Waals surface area contributed by atoms with Gasteiger partial charge in [-0.2, -0.15) is 5.26 Å². The Balaban J connectivity index is 0.00000326. The minimum Gasteiger partial charge on any atom is -0.444 e. The Morgan fingerprint density at radius 3 is 2.30 bits per heavy atom. The summed E-state index contributed by atoms with van der Waals surface area (Å²) in [5.41, 5.74) is 9.73. The molecular weight excluding hydrogens is 348 g/mol. The fourth-order valence-electron chi connectivity index (χ4n) is 2.59. The monoisotopic (exact) mass is 380 g/mol. The maximum atomic E-state index is 11.8. The number of ether oxygens (including phenoxy) is 1. The number of hydrogen-bond acceptors (Lipinski definition) is 6. The molecule has 1 saturated carbocycles. The first-order valence-corrected chi connectivity index (χ1v) is 9.03. The zero-order valence-corrected chi connectivity index (χ0v) is 16.8. The average Bonchev–Trinajstić information content (AvgIpc) is 2.55. The third kappa shape index (κ3) is 8.94. The molecule has 0 aromatic rings. The molecule has 9 heteroatoms. The Hall–Kier alpha value is -2.76. The zero-order chi connectivity index (χ0) is 21.2. The molecule has 0 saturated heterocycles. The molecule has 152 valence electrons. The number of nitrogens with two attached hydrogens (primary N) is 2. The summed E-state index contributed by atoms with van der Waals surface area (Å²) in [7, 11) is 0. The molecule has 1 fully saturated rings. The van der Waals surface area contributed by atoms with Gasteiger partial charge in [-0.25, -0.2) is 4.79 Å². The molecule has 1 aliphatic carbocycles. The Labute approximate surface area is 161 Å². The number of alkyl carbamates (subject to hydrolysis) is 1. The normalized spacial score (nSPS) is 22.4. The van der Waals surface area contributed by atoms with E-state index in [0.29, 0.717) is 19.3 Å². The maximum Gasteiger partial charge on any atom is 0.407 e. The predicted octanol–water partition coefficient (Wildman–Crippen LogP) is 1.49. The molecule has 0 spiro atoms. The van der Waals surface area contributed by atoms with Crippen molar-refractivity contribution in [2.75, 3.05) is 0 Å². The first-order chi connectivity index (χ1) is 12.5. The molecular formula is C18H32N6O3. The van der Waals surface area contributed by atoms with E-state index in [0.717, 1.165) is 0 Å². The van der Waals surface area contributed by atoms with E-state index in [1.54, 1.807) is 20.8 Å². The summed E-state index contributed by atoms with van der Waals surface area (Å²) in [6.45, 7) is 9.34. The fraction of sp³-hybridized carbons (Fsp3) is 0.667. The van der Waals surface area contributed by atoms with E-state index in [4.69, 9.17) is 21.6 Å². The Morgan fingerprint density at radius 1 is 1.26 bits per heavy atom. The molecule has 3 atom stereocenters. The van der Waals surface area contributed by atoms with Crippen LogP contribution in [0.1, 0.15) is 53.9 Å². The molecule has 2 amide bonds. The van der Waals surface area contributed by atoms with Gasteiger partial charge in [0.25, 0.3) is 5.91 Å². The second-order valence-electron chi connectivity index (χ2n) is 7.00.